The van der Waals surface area contributed by atoms with E-state index in [1.165, 1.54) is 102 Å². The second kappa shape index (κ2) is 11.4. The third-order valence-electron chi connectivity index (χ3n) is 11.4. The summed E-state index contributed by atoms with van der Waals surface area (Å²) in [4.78, 5) is 0. The van der Waals surface area contributed by atoms with Gasteiger partial charge in [-0.1, -0.05) is 152 Å². The van der Waals surface area contributed by atoms with Crippen LogP contribution in [0.25, 0.3) is 119 Å². The first-order valence-corrected chi connectivity index (χ1v) is 19.3. The van der Waals surface area contributed by atoms with Crippen molar-refractivity contribution >= 4 is 96.5 Å². The molecule has 0 aliphatic carbocycles. The second-order valence-corrected chi connectivity index (χ2v) is 15.5. The first kappa shape index (κ1) is 29.8. The summed E-state index contributed by atoms with van der Waals surface area (Å²) in [5.41, 5.74) is 9.41. The molecule has 54 heavy (non-hydrogen) atoms. The van der Waals surface area contributed by atoms with Crippen LogP contribution in [0.5, 0.6) is 0 Å². The smallest absolute Gasteiger partial charge is 0.144 e. The van der Waals surface area contributed by atoms with Gasteiger partial charge < -0.3 is 4.42 Å². The lowest BCUT2D eigenvalue weighted by atomic mass is 9.85. The van der Waals surface area contributed by atoms with Crippen LogP contribution in [0.15, 0.2) is 186 Å². The molecule has 10 aromatic carbocycles. The molecule has 0 fully saturated rings. The normalized spacial score (nSPS) is 12.1. The fourth-order valence-electron chi connectivity index (χ4n) is 8.93. The Hall–Kier alpha value is -6.74. The zero-order chi connectivity index (χ0) is 35.3. The average molecular weight is 703 g/mol. The Bertz CT molecular complexity index is 3430. The molecule has 0 aliphatic rings. The molecule has 2 heterocycles. The van der Waals surface area contributed by atoms with Crippen molar-refractivity contribution in [2.45, 2.75) is 0 Å². The molecule has 1 nitrogen and oxygen atoms in total. The predicted molar refractivity (Wildman–Crippen MR) is 233 cm³/mol. The average Bonchev–Trinajstić information content (AvgIpc) is 3.81. The predicted octanol–water partition coefficient (Wildman–Crippen LogP) is 15.6. The van der Waals surface area contributed by atoms with E-state index < -0.39 is 0 Å². The molecular formula is C52H30OS. The highest BCUT2D eigenvalue weighted by Crippen LogP contribution is 2.46. The van der Waals surface area contributed by atoms with Crippen LogP contribution in [-0.2, 0) is 0 Å². The van der Waals surface area contributed by atoms with Gasteiger partial charge in [-0.3, -0.25) is 0 Å². The minimum Gasteiger partial charge on any atom is -0.455 e. The van der Waals surface area contributed by atoms with Crippen LogP contribution in [0.1, 0.15) is 0 Å². The van der Waals surface area contributed by atoms with Gasteiger partial charge in [0.1, 0.15) is 11.2 Å². The fraction of sp³-hybridized carbons (Fsp3) is 0. The van der Waals surface area contributed by atoms with Crippen molar-refractivity contribution < 1.29 is 4.42 Å². The largest absolute Gasteiger partial charge is 0.455 e. The monoisotopic (exact) mass is 702 g/mol. The maximum Gasteiger partial charge on any atom is 0.144 e. The van der Waals surface area contributed by atoms with Gasteiger partial charge in [0.05, 0.1) is 0 Å². The molecular weight excluding hydrogens is 673 g/mol. The van der Waals surface area contributed by atoms with Gasteiger partial charge in [-0.25, -0.2) is 0 Å². The van der Waals surface area contributed by atoms with Crippen LogP contribution < -0.4 is 0 Å². The first-order valence-electron chi connectivity index (χ1n) is 18.5. The molecule has 12 aromatic rings. The Balaban J connectivity index is 0.983. The molecule has 0 saturated heterocycles. The van der Waals surface area contributed by atoms with E-state index in [1.807, 2.05) is 11.3 Å². The number of hydrogen-bond donors (Lipinski definition) is 0. The SMILES string of the molecule is c1ccc2cc(-c3c4ccccc4c(-c4ccc(-c5ccc6c(c5)sc5ccc7c8ccc9ccccc9c8oc7c56)cc4)c4ccccc34)ccc2c1. The summed E-state index contributed by atoms with van der Waals surface area (Å²) < 4.78 is 9.25. The lowest BCUT2D eigenvalue weighted by molar-refractivity contribution is 0.677. The maximum atomic E-state index is 6.73. The van der Waals surface area contributed by atoms with Gasteiger partial charge in [-0.05, 0) is 101 Å². The van der Waals surface area contributed by atoms with Crippen molar-refractivity contribution in [1.82, 2.24) is 0 Å². The van der Waals surface area contributed by atoms with Crippen molar-refractivity contribution in [1.29, 1.82) is 0 Å². The Labute approximate surface area is 314 Å². The molecule has 0 spiro atoms. The minimum atomic E-state index is 0.968. The van der Waals surface area contributed by atoms with Crippen LogP contribution >= 0.6 is 11.3 Å². The van der Waals surface area contributed by atoms with Crippen LogP contribution in [0.4, 0.5) is 0 Å². The quantitative estimate of drug-likeness (QED) is 0.167. The summed E-state index contributed by atoms with van der Waals surface area (Å²) >= 11 is 1.84. The molecule has 0 aliphatic heterocycles. The number of thiophene rings is 1. The molecule has 0 N–H and O–H groups in total. The van der Waals surface area contributed by atoms with Crippen LogP contribution in [0.3, 0.4) is 0 Å². The Morgan fingerprint density at radius 3 is 1.56 bits per heavy atom. The van der Waals surface area contributed by atoms with Crippen LogP contribution in [0.2, 0.25) is 0 Å². The molecule has 0 radical (unpaired) electrons. The Morgan fingerprint density at radius 1 is 0.296 bits per heavy atom. The molecule has 0 saturated carbocycles. The van der Waals surface area contributed by atoms with Crippen molar-refractivity contribution in [3.8, 4) is 33.4 Å². The number of hydrogen-bond acceptors (Lipinski definition) is 2. The lowest BCUT2D eigenvalue weighted by Gasteiger charge is -2.18. The molecule has 0 amide bonds. The highest BCUT2D eigenvalue weighted by molar-refractivity contribution is 7.26. The van der Waals surface area contributed by atoms with Crippen molar-refractivity contribution in [2.24, 2.45) is 0 Å². The van der Waals surface area contributed by atoms with Crippen LogP contribution in [-0.4, -0.2) is 0 Å². The summed E-state index contributed by atoms with van der Waals surface area (Å²) in [6, 6.07) is 66.8. The highest BCUT2D eigenvalue weighted by Gasteiger charge is 2.19. The summed E-state index contributed by atoms with van der Waals surface area (Å²) in [6.07, 6.45) is 0. The molecule has 250 valence electrons. The van der Waals surface area contributed by atoms with E-state index in [4.69, 9.17) is 4.42 Å². The standard InChI is InChI=1S/C52H30OS/c1-2-11-35-29-37(22-19-31(35)9-1)49-41-15-7-5-13-39(41)48(40-14-6-8-16-42(40)49)34-20-17-32(18-21-34)36-24-26-45-47(30-36)54-46-28-27-44-43-25-23-33-10-3-4-12-38(33)51(43)53-52(44)50(45)46/h1-30H. The maximum absolute atomic E-state index is 6.73. The molecule has 2 heteroatoms. The minimum absolute atomic E-state index is 0.968. The van der Waals surface area contributed by atoms with Gasteiger partial charge in [0.15, 0.2) is 0 Å². The zero-order valence-corrected chi connectivity index (χ0v) is 30.0. The van der Waals surface area contributed by atoms with E-state index in [0.717, 1.165) is 16.6 Å². The van der Waals surface area contributed by atoms with E-state index in [0.29, 0.717) is 0 Å². The number of fused-ring (bicyclic) bond motifs is 12. The first-order chi connectivity index (χ1) is 26.8. The molecule has 12 rings (SSSR count). The van der Waals surface area contributed by atoms with Gasteiger partial charge >= 0.3 is 0 Å². The summed E-state index contributed by atoms with van der Waals surface area (Å²) in [5, 5.41) is 14.8. The molecule has 2 aromatic heterocycles. The number of furan rings is 1. The molecule has 0 unspecified atom stereocenters. The molecule has 0 atom stereocenters. The topological polar surface area (TPSA) is 13.1 Å². The Morgan fingerprint density at radius 2 is 0.815 bits per heavy atom. The van der Waals surface area contributed by atoms with Gasteiger partial charge in [-0.2, -0.15) is 0 Å². The van der Waals surface area contributed by atoms with Gasteiger partial charge in [0.25, 0.3) is 0 Å². The lowest BCUT2D eigenvalue weighted by Crippen LogP contribution is -1.91. The third-order valence-corrected chi connectivity index (χ3v) is 12.6. The summed E-state index contributed by atoms with van der Waals surface area (Å²) in [6.45, 7) is 0. The molecule has 0 bridgehead atoms. The number of rotatable bonds is 3. The zero-order valence-electron chi connectivity index (χ0n) is 29.1. The highest BCUT2D eigenvalue weighted by atomic mass is 32.1. The Kier molecular flexibility index (Phi) is 6.28. The van der Waals surface area contributed by atoms with E-state index in [-0.39, 0.29) is 0 Å². The van der Waals surface area contributed by atoms with E-state index >= 15 is 0 Å². The van der Waals surface area contributed by atoms with Crippen molar-refractivity contribution in [2.75, 3.05) is 0 Å². The fourth-order valence-corrected chi connectivity index (χ4v) is 10.1. The van der Waals surface area contributed by atoms with E-state index in [9.17, 15) is 0 Å². The van der Waals surface area contributed by atoms with Crippen molar-refractivity contribution in [3.63, 3.8) is 0 Å². The summed E-state index contributed by atoms with van der Waals surface area (Å²) in [5.74, 6) is 0. The van der Waals surface area contributed by atoms with Gasteiger partial charge in [0, 0.05) is 36.3 Å². The van der Waals surface area contributed by atoms with E-state index in [1.54, 1.807) is 0 Å². The van der Waals surface area contributed by atoms with Crippen LogP contribution in [0, 0.1) is 0 Å². The second-order valence-electron chi connectivity index (χ2n) is 14.4. The third kappa shape index (κ3) is 4.32. The summed E-state index contributed by atoms with van der Waals surface area (Å²) in [7, 11) is 0. The number of benzene rings is 10. The van der Waals surface area contributed by atoms with Gasteiger partial charge in [0.2, 0.25) is 0 Å². The van der Waals surface area contributed by atoms with Gasteiger partial charge in [-0.15, -0.1) is 11.3 Å². The van der Waals surface area contributed by atoms with Crippen molar-refractivity contribution in [3.05, 3.63) is 182 Å². The van der Waals surface area contributed by atoms with E-state index in [2.05, 4.69) is 182 Å².